The number of anilines is 1. The average Bonchev–Trinajstić information content (AvgIpc) is 2.58. The zero-order valence-electron chi connectivity index (χ0n) is 15.2. The summed E-state index contributed by atoms with van der Waals surface area (Å²) >= 11 is 4.92. The second kappa shape index (κ2) is 9.78. The van der Waals surface area contributed by atoms with E-state index in [-0.39, 0.29) is 18.4 Å². The van der Waals surface area contributed by atoms with Gasteiger partial charge >= 0.3 is 0 Å². The number of amides is 2. The van der Waals surface area contributed by atoms with Crippen LogP contribution in [0, 0.1) is 20.8 Å². The highest BCUT2D eigenvalue weighted by Gasteiger charge is 2.10. The van der Waals surface area contributed by atoms with Gasteiger partial charge in [-0.15, -0.1) is 11.8 Å². The van der Waals surface area contributed by atoms with Crippen LogP contribution in [0.2, 0.25) is 0 Å². The molecule has 0 unspecified atom stereocenters. The molecular formula is C20H23BrN2O2S. The van der Waals surface area contributed by atoms with E-state index in [0.29, 0.717) is 5.75 Å². The summed E-state index contributed by atoms with van der Waals surface area (Å²) in [5, 5.41) is 5.55. The average molecular weight is 435 g/mol. The smallest absolute Gasteiger partial charge is 0.243 e. The molecule has 2 aromatic rings. The number of aryl methyl sites for hydroxylation is 3. The molecule has 6 heteroatoms. The maximum Gasteiger partial charge on any atom is 0.243 e. The first kappa shape index (κ1) is 20.5. The molecule has 0 aromatic heterocycles. The van der Waals surface area contributed by atoms with Gasteiger partial charge < -0.3 is 10.6 Å². The Balaban J connectivity index is 1.73. The summed E-state index contributed by atoms with van der Waals surface area (Å²) in [7, 11) is 0. The van der Waals surface area contributed by atoms with E-state index in [2.05, 4.69) is 26.6 Å². The number of benzene rings is 2. The van der Waals surface area contributed by atoms with Crippen LogP contribution < -0.4 is 10.6 Å². The van der Waals surface area contributed by atoms with E-state index in [1.54, 1.807) is 0 Å². The minimum Gasteiger partial charge on any atom is -0.346 e. The van der Waals surface area contributed by atoms with Crippen molar-refractivity contribution in [3.8, 4) is 0 Å². The van der Waals surface area contributed by atoms with Gasteiger partial charge in [0.2, 0.25) is 11.8 Å². The lowest BCUT2D eigenvalue weighted by Crippen LogP contribution is -2.34. The molecule has 2 amide bonds. The molecule has 0 spiro atoms. The zero-order valence-corrected chi connectivity index (χ0v) is 17.6. The Morgan fingerprint density at radius 2 is 1.62 bits per heavy atom. The molecule has 0 saturated heterocycles. The van der Waals surface area contributed by atoms with E-state index >= 15 is 0 Å². The Bertz CT molecular complexity index is 768. The second-order valence-electron chi connectivity index (χ2n) is 6.22. The number of halogens is 1. The zero-order chi connectivity index (χ0) is 19.1. The Kier molecular flexibility index (Phi) is 7.72. The molecule has 0 heterocycles. The SMILES string of the molecule is Cc1cc(C)c(NC(=O)CNC(=O)CSCc2ccc(Br)cc2)c(C)c1. The fourth-order valence-corrected chi connectivity index (χ4v) is 3.71. The minimum absolute atomic E-state index is 0.0234. The van der Waals surface area contributed by atoms with E-state index in [9.17, 15) is 9.59 Å². The van der Waals surface area contributed by atoms with Crippen LogP contribution in [0.3, 0.4) is 0 Å². The van der Waals surface area contributed by atoms with Gasteiger partial charge in [0, 0.05) is 15.9 Å². The first-order chi connectivity index (χ1) is 12.3. The summed E-state index contributed by atoms with van der Waals surface area (Å²) in [4.78, 5) is 24.0. The summed E-state index contributed by atoms with van der Waals surface area (Å²) in [5.41, 5.74) is 5.18. The summed E-state index contributed by atoms with van der Waals surface area (Å²) in [6, 6.07) is 12.1. The molecule has 0 bridgehead atoms. The van der Waals surface area contributed by atoms with Crippen molar-refractivity contribution in [3.05, 3.63) is 63.1 Å². The normalized spacial score (nSPS) is 10.5. The molecule has 0 radical (unpaired) electrons. The van der Waals surface area contributed by atoms with Crippen molar-refractivity contribution in [3.63, 3.8) is 0 Å². The fraction of sp³-hybridized carbons (Fsp3) is 0.300. The summed E-state index contributed by atoms with van der Waals surface area (Å²) < 4.78 is 1.04. The highest BCUT2D eigenvalue weighted by atomic mass is 79.9. The van der Waals surface area contributed by atoms with E-state index in [1.807, 2.05) is 57.2 Å². The largest absolute Gasteiger partial charge is 0.346 e. The molecule has 0 aliphatic rings. The molecule has 2 aromatic carbocycles. The van der Waals surface area contributed by atoms with Crippen molar-refractivity contribution >= 4 is 45.2 Å². The van der Waals surface area contributed by atoms with Gasteiger partial charge in [-0.25, -0.2) is 0 Å². The quantitative estimate of drug-likeness (QED) is 0.680. The molecule has 0 atom stereocenters. The Morgan fingerprint density at radius 3 is 2.23 bits per heavy atom. The molecule has 26 heavy (non-hydrogen) atoms. The third-order valence-electron chi connectivity index (χ3n) is 3.80. The van der Waals surface area contributed by atoms with Gasteiger partial charge in [-0.05, 0) is 49.6 Å². The predicted molar refractivity (Wildman–Crippen MR) is 113 cm³/mol. The van der Waals surface area contributed by atoms with Gasteiger partial charge in [0.05, 0.1) is 12.3 Å². The molecule has 0 aliphatic carbocycles. The first-order valence-corrected chi connectivity index (χ1v) is 10.3. The van der Waals surface area contributed by atoms with Crippen LogP contribution in [0.25, 0.3) is 0 Å². The second-order valence-corrected chi connectivity index (χ2v) is 8.12. The van der Waals surface area contributed by atoms with Crippen LogP contribution in [-0.4, -0.2) is 24.1 Å². The maximum absolute atomic E-state index is 12.1. The minimum atomic E-state index is -0.216. The van der Waals surface area contributed by atoms with Crippen LogP contribution in [0.4, 0.5) is 5.69 Å². The molecule has 0 fully saturated rings. The van der Waals surface area contributed by atoms with E-state index in [4.69, 9.17) is 0 Å². The summed E-state index contributed by atoms with van der Waals surface area (Å²) in [6.07, 6.45) is 0. The van der Waals surface area contributed by atoms with E-state index < -0.39 is 0 Å². The molecule has 2 N–H and O–H groups in total. The predicted octanol–water partition coefficient (Wildman–Crippen LogP) is 4.36. The number of rotatable bonds is 7. The fourth-order valence-electron chi connectivity index (χ4n) is 2.63. The van der Waals surface area contributed by atoms with Crippen LogP contribution >= 0.6 is 27.7 Å². The van der Waals surface area contributed by atoms with Crippen LogP contribution in [0.1, 0.15) is 22.3 Å². The topological polar surface area (TPSA) is 58.2 Å². The molecule has 0 saturated carbocycles. The van der Waals surface area contributed by atoms with Gasteiger partial charge in [-0.3, -0.25) is 9.59 Å². The van der Waals surface area contributed by atoms with E-state index in [1.165, 1.54) is 11.8 Å². The van der Waals surface area contributed by atoms with Crippen molar-refractivity contribution in [2.75, 3.05) is 17.6 Å². The lowest BCUT2D eigenvalue weighted by molar-refractivity contribution is -0.122. The van der Waals surface area contributed by atoms with Gasteiger partial charge in [-0.1, -0.05) is 45.8 Å². The van der Waals surface area contributed by atoms with Crippen molar-refractivity contribution in [2.24, 2.45) is 0 Å². The Labute approximate surface area is 167 Å². The number of hydrogen-bond donors (Lipinski definition) is 2. The third kappa shape index (κ3) is 6.50. The molecule has 4 nitrogen and oxygen atoms in total. The Morgan fingerprint density at radius 1 is 1.00 bits per heavy atom. The van der Waals surface area contributed by atoms with Gasteiger partial charge in [0.1, 0.15) is 0 Å². The molecule has 2 rings (SSSR count). The number of nitrogens with one attached hydrogen (secondary N) is 2. The van der Waals surface area contributed by atoms with Crippen molar-refractivity contribution in [2.45, 2.75) is 26.5 Å². The number of thioether (sulfide) groups is 1. The standard InChI is InChI=1S/C20H23BrN2O2S/c1-13-8-14(2)20(15(3)9-13)23-18(24)10-22-19(25)12-26-11-16-4-6-17(21)7-5-16/h4-9H,10-12H2,1-3H3,(H,22,25)(H,23,24). The summed E-state index contributed by atoms with van der Waals surface area (Å²) in [6.45, 7) is 5.93. The van der Waals surface area contributed by atoms with Crippen LogP contribution in [0.5, 0.6) is 0 Å². The number of carbonyl (C=O) groups is 2. The van der Waals surface area contributed by atoms with Crippen LogP contribution in [-0.2, 0) is 15.3 Å². The maximum atomic E-state index is 12.1. The number of hydrogen-bond acceptors (Lipinski definition) is 3. The lowest BCUT2D eigenvalue weighted by Gasteiger charge is -2.13. The highest BCUT2D eigenvalue weighted by Crippen LogP contribution is 2.21. The van der Waals surface area contributed by atoms with Gasteiger partial charge in [0.15, 0.2) is 0 Å². The third-order valence-corrected chi connectivity index (χ3v) is 5.34. The molecule has 0 aliphatic heterocycles. The van der Waals surface area contributed by atoms with Crippen molar-refractivity contribution in [1.82, 2.24) is 5.32 Å². The van der Waals surface area contributed by atoms with Crippen molar-refractivity contribution in [1.29, 1.82) is 0 Å². The summed E-state index contributed by atoms with van der Waals surface area (Å²) in [5.74, 6) is 0.728. The van der Waals surface area contributed by atoms with Crippen LogP contribution in [0.15, 0.2) is 40.9 Å². The first-order valence-electron chi connectivity index (χ1n) is 8.31. The van der Waals surface area contributed by atoms with Crippen molar-refractivity contribution < 1.29 is 9.59 Å². The Hall–Kier alpha value is -1.79. The lowest BCUT2D eigenvalue weighted by atomic mass is 10.1. The molecular weight excluding hydrogens is 412 g/mol. The van der Waals surface area contributed by atoms with Gasteiger partial charge in [-0.2, -0.15) is 0 Å². The highest BCUT2D eigenvalue weighted by molar-refractivity contribution is 9.10. The molecule has 138 valence electrons. The number of carbonyl (C=O) groups excluding carboxylic acids is 2. The monoisotopic (exact) mass is 434 g/mol. The van der Waals surface area contributed by atoms with E-state index in [0.717, 1.165) is 38.2 Å². The van der Waals surface area contributed by atoms with Gasteiger partial charge in [0.25, 0.3) is 0 Å².